The molecule has 0 saturated carbocycles. The summed E-state index contributed by atoms with van der Waals surface area (Å²) in [6.07, 6.45) is 1.53. The van der Waals surface area contributed by atoms with Gasteiger partial charge >= 0.3 is 0 Å². The summed E-state index contributed by atoms with van der Waals surface area (Å²) >= 11 is 0. The first-order chi connectivity index (χ1) is 9.08. The van der Waals surface area contributed by atoms with E-state index >= 15 is 0 Å². The summed E-state index contributed by atoms with van der Waals surface area (Å²) in [6, 6.07) is 3.32. The van der Waals surface area contributed by atoms with Gasteiger partial charge in [-0.05, 0) is 19.2 Å². The number of aromatic nitrogens is 1. The van der Waals surface area contributed by atoms with E-state index in [1.165, 1.54) is 6.20 Å². The van der Waals surface area contributed by atoms with Crippen molar-refractivity contribution in [2.24, 2.45) is 0 Å². The predicted molar refractivity (Wildman–Crippen MR) is 74.0 cm³/mol. The summed E-state index contributed by atoms with van der Waals surface area (Å²) in [5.41, 5.74) is 6.07. The van der Waals surface area contributed by atoms with Crippen LogP contribution in [-0.2, 0) is 15.6 Å². The van der Waals surface area contributed by atoms with Crippen LogP contribution in [-0.4, -0.2) is 63.9 Å². The zero-order chi connectivity index (χ0) is 13.8. The van der Waals surface area contributed by atoms with Gasteiger partial charge in [0.05, 0.1) is 16.5 Å². The van der Waals surface area contributed by atoms with Crippen molar-refractivity contribution in [2.75, 3.05) is 44.7 Å². The number of hydrogen-bond donors (Lipinski definition) is 1. The fourth-order valence-electron chi connectivity index (χ4n) is 1.92. The van der Waals surface area contributed by atoms with Crippen molar-refractivity contribution in [2.45, 2.75) is 5.03 Å². The molecule has 1 aliphatic heterocycles. The molecule has 2 heterocycles. The first kappa shape index (κ1) is 14.0. The highest BCUT2D eigenvalue weighted by molar-refractivity contribution is 7.85. The standard InChI is InChI=1S/C12H18N4O2S/c1-15-5-7-16(8-6-15)11(17)9-19(18)12-10(13)3-2-4-14-12/h2-4H,5-9,13H2,1H3. The Hall–Kier alpha value is -1.47. The van der Waals surface area contributed by atoms with Crippen LogP contribution in [0, 0.1) is 0 Å². The molecular formula is C12H18N4O2S. The minimum absolute atomic E-state index is 0.0507. The molecule has 0 bridgehead atoms. The van der Waals surface area contributed by atoms with Gasteiger partial charge in [-0.1, -0.05) is 0 Å². The van der Waals surface area contributed by atoms with Gasteiger partial charge in [0.25, 0.3) is 0 Å². The van der Waals surface area contributed by atoms with Crippen LogP contribution < -0.4 is 5.73 Å². The topological polar surface area (TPSA) is 79.5 Å². The molecule has 6 nitrogen and oxygen atoms in total. The average molecular weight is 282 g/mol. The smallest absolute Gasteiger partial charge is 0.235 e. The summed E-state index contributed by atoms with van der Waals surface area (Å²) < 4.78 is 12.1. The Morgan fingerprint density at radius 3 is 2.74 bits per heavy atom. The van der Waals surface area contributed by atoms with Crippen LogP contribution in [0.15, 0.2) is 23.4 Å². The molecule has 2 N–H and O–H groups in total. The van der Waals surface area contributed by atoms with Gasteiger partial charge in [-0.25, -0.2) is 4.98 Å². The lowest BCUT2D eigenvalue weighted by Gasteiger charge is -2.32. The number of carbonyl (C=O) groups is 1. The van der Waals surface area contributed by atoms with Crippen molar-refractivity contribution >= 4 is 22.4 Å². The Labute approximate surface area is 115 Å². The molecule has 0 radical (unpaired) electrons. The van der Waals surface area contributed by atoms with Gasteiger partial charge < -0.3 is 15.5 Å². The number of likely N-dealkylation sites (N-methyl/N-ethyl adjacent to an activating group) is 1. The van der Waals surface area contributed by atoms with Crippen LogP contribution in [0.25, 0.3) is 0 Å². The van der Waals surface area contributed by atoms with Gasteiger partial charge in [-0.15, -0.1) is 0 Å². The van der Waals surface area contributed by atoms with Crippen LogP contribution >= 0.6 is 0 Å². The Morgan fingerprint density at radius 2 is 2.11 bits per heavy atom. The second-order valence-corrected chi connectivity index (χ2v) is 5.94. The van der Waals surface area contributed by atoms with E-state index in [9.17, 15) is 9.00 Å². The van der Waals surface area contributed by atoms with E-state index in [0.29, 0.717) is 23.8 Å². The summed E-state index contributed by atoms with van der Waals surface area (Å²) in [5.74, 6) is -0.151. The Kier molecular flexibility index (Phi) is 4.49. The molecule has 0 aliphatic carbocycles. The number of hydrogen-bond acceptors (Lipinski definition) is 5. The zero-order valence-electron chi connectivity index (χ0n) is 10.9. The highest BCUT2D eigenvalue weighted by Crippen LogP contribution is 2.13. The van der Waals surface area contributed by atoms with Crippen molar-refractivity contribution in [3.8, 4) is 0 Å². The molecule has 1 amide bonds. The second-order valence-electron chi connectivity index (χ2n) is 4.57. The maximum absolute atomic E-state index is 12.1. The molecule has 7 heteroatoms. The highest BCUT2D eigenvalue weighted by Gasteiger charge is 2.22. The van der Waals surface area contributed by atoms with E-state index in [0.717, 1.165) is 13.1 Å². The summed E-state index contributed by atoms with van der Waals surface area (Å²) in [5, 5.41) is 0.296. The van der Waals surface area contributed by atoms with Crippen LogP contribution in [0.2, 0.25) is 0 Å². The van der Waals surface area contributed by atoms with Crippen molar-refractivity contribution in [1.82, 2.24) is 14.8 Å². The highest BCUT2D eigenvalue weighted by atomic mass is 32.2. The normalized spacial score (nSPS) is 18.3. The lowest BCUT2D eigenvalue weighted by Crippen LogP contribution is -2.48. The number of rotatable bonds is 3. The number of nitrogens with zero attached hydrogens (tertiary/aromatic N) is 3. The molecule has 1 saturated heterocycles. The van der Waals surface area contributed by atoms with Crippen molar-refractivity contribution in [1.29, 1.82) is 0 Å². The second kappa shape index (κ2) is 6.12. The summed E-state index contributed by atoms with van der Waals surface area (Å²) in [6.45, 7) is 3.07. The number of anilines is 1. The Bertz CT molecular complexity index is 486. The van der Waals surface area contributed by atoms with E-state index in [2.05, 4.69) is 9.88 Å². The Balaban J connectivity index is 1.96. The van der Waals surface area contributed by atoms with E-state index in [1.807, 2.05) is 7.05 Å². The minimum Gasteiger partial charge on any atom is -0.396 e. The van der Waals surface area contributed by atoms with E-state index in [-0.39, 0.29) is 11.7 Å². The number of pyridine rings is 1. The number of amides is 1. The third-order valence-electron chi connectivity index (χ3n) is 3.13. The number of nitrogen functional groups attached to an aromatic ring is 1. The van der Waals surface area contributed by atoms with Gasteiger partial charge in [-0.2, -0.15) is 0 Å². The molecule has 1 atom stereocenters. The summed E-state index contributed by atoms with van der Waals surface area (Å²) in [7, 11) is 0.546. The fraction of sp³-hybridized carbons (Fsp3) is 0.500. The van der Waals surface area contributed by atoms with E-state index in [4.69, 9.17) is 5.73 Å². The zero-order valence-corrected chi connectivity index (χ0v) is 11.7. The maximum atomic E-state index is 12.1. The van der Waals surface area contributed by atoms with Crippen LogP contribution in [0.5, 0.6) is 0 Å². The van der Waals surface area contributed by atoms with Crippen LogP contribution in [0.1, 0.15) is 0 Å². The van der Waals surface area contributed by atoms with Gasteiger partial charge in [-0.3, -0.25) is 9.00 Å². The molecule has 19 heavy (non-hydrogen) atoms. The van der Waals surface area contributed by atoms with Crippen LogP contribution in [0.4, 0.5) is 5.69 Å². The van der Waals surface area contributed by atoms with Gasteiger partial charge in [0.1, 0.15) is 5.75 Å². The largest absolute Gasteiger partial charge is 0.396 e. The van der Waals surface area contributed by atoms with E-state index < -0.39 is 10.8 Å². The van der Waals surface area contributed by atoms with Gasteiger partial charge in [0.15, 0.2) is 5.03 Å². The Morgan fingerprint density at radius 1 is 1.42 bits per heavy atom. The quantitative estimate of drug-likeness (QED) is 0.812. The molecule has 1 unspecified atom stereocenters. The fourth-order valence-corrected chi connectivity index (χ4v) is 2.97. The molecule has 1 fully saturated rings. The molecule has 1 aliphatic rings. The molecule has 1 aromatic rings. The van der Waals surface area contributed by atoms with Crippen molar-refractivity contribution < 1.29 is 9.00 Å². The van der Waals surface area contributed by atoms with Crippen molar-refractivity contribution in [3.05, 3.63) is 18.3 Å². The molecule has 0 aromatic carbocycles. The molecule has 104 valence electrons. The number of carbonyl (C=O) groups excluding carboxylic acids is 1. The van der Waals surface area contributed by atoms with Gasteiger partial charge in [0.2, 0.25) is 5.91 Å². The first-order valence-corrected chi connectivity index (χ1v) is 7.45. The maximum Gasteiger partial charge on any atom is 0.235 e. The van der Waals surface area contributed by atoms with Crippen molar-refractivity contribution in [3.63, 3.8) is 0 Å². The third-order valence-corrected chi connectivity index (χ3v) is 4.41. The molecule has 1 aromatic heterocycles. The number of piperazine rings is 1. The van der Waals surface area contributed by atoms with E-state index in [1.54, 1.807) is 17.0 Å². The van der Waals surface area contributed by atoms with Crippen LogP contribution in [0.3, 0.4) is 0 Å². The number of nitrogens with two attached hydrogens (primary N) is 1. The average Bonchev–Trinajstić information content (AvgIpc) is 2.39. The SMILES string of the molecule is CN1CCN(C(=O)CS(=O)c2ncccc2N)CC1. The predicted octanol–water partition coefficient (Wildman–Crippen LogP) is -0.455. The molecular weight excluding hydrogens is 264 g/mol. The summed E-state index contributed by atoms with van der Waals surface area (Å²) in [4.78, 5) is 19.9. The monoisotopic (exact) mass is 282 g/mol. The first-order valence-electron chi connectivity index (χ1n) is 6.13. The third kappa shape index (κ3) is 3.51. The molecule has 2 rings (SSSR count). The van der Waals surface area contributed by atoms with Gasteiger partial charge in [0, 0.05) is 32.4 Å². The lowest BCUT2D eigenvalue weighted by molar-refractivity contribution is -0.129. The lowest BCUT2D eigenvalue weighted by atomic mass is 10.3. The molecule has 0 spiro atoms. The minimum atomic E-state index is -1.48.